The number of ether oxygens (including phenoxy) is 2. The molecule has 5 rings (SSSR count). The lowest BCUT2D eigenvalue weighted by atomic mass is 9.71. The van der Waals surface area contributed by atoms with Gasteiger partial charge in [-0.1, -0.05) is 52.3 Å². The summed E-state index contributed by atoms with van der Waals surface area (Å²) in [5.41, 5.74) is 6.44. The van der Waals surface area contributed by atoms with Crippen LogP contribution in [0.4, 0.5) is 5.69 Å². The van der Waals surface area contributed by atoms with Crippen LogP contribution in [0.3, 0.4) is 0 Å². The molecule has 6 nitrogen and oxygen atoms in total. The average Bonchev–Trinajstić information content (AvgIpc) is 2.92. The number of Topliss-reactive ketones (excluding diaryl/α,β-unsaturated/α-hetero) is 1. The average molecular weight is 588 g/mol. The Bertz CT molecular complexity index is 1520. The van der Waals surface area contributed by atoms with Gasteiger partial charge in [-0.3, -0.25) is 9.59 Å². The van der Waals surface area contributed by atoms with Crippen LogP contribution in [0.5, 0.6) is 11.5 Å². The van der Waals surface area contributed by atoms with Gasteiger partial charge in [0.05, 0.1) is 14.2 Å². The minimum absolute atomic E-state index is 0.0261. The molecule has 0 aromatic heterocycles. The number of benzene rings is 3. The van der Waals surface area contributed by atoms with E-state index in [2.05, 4.69) is 26.6 Å². The van der Waals surface area contributed by atoms with Crippen LogP contribution in [0.1, 0.15) is 48.3 Å². The van der Waals surface area contributed by atoms with Gasteiger partial charge < -0.3 is 20.1 Å². The molecular weight excluding hydrogens is 556 g/mol. The van der Waals surface area contributed by atoms with E-state index in [4.69, 9.17) is 9.47 Å². The van der Waals surface area contributed by atoms with Gasteiger partial charge in [-0.05, 0) is 73.2 Å². The summed E-state index contributed by atoms with van der Waals surface area (Å²) in [5, 5.41) is 6.54. The Balaban J connectivity index is 1.55. The first-order chi connectivity index (χ1) is 18.8. The van der Waals surface area contributed by atoms with Crippen LogP contribution in [0.15, 0.2) is 93.7 Å². The normalized spacial score (nSPS) is 18.8. The predicted octanol–water partition coefficient (Wildman–Crippen LogP) is 6.78. The molecule has 2 atom stereocenters. The summed E-state index contributed by atoms with van der Waals surface area (Å²) in [6.45, 7) is 3.87. The molecule has 0 spiro atoms. The van der Waals surface area contributed by atoms with E-state index in [0.29, 0.717) is 35.5 Å². The second kappa shape index (κ2) is 11.1. The molecule has 1 heterocycles. The first kappa shape index (κ1) is 26.8. The Labute approximate surface area is 237 Å². The van der Waals surface area contributed by atoms with Crippen molar-refractivity contribution in [2.45, 2.75) is 38.5 Å². The molecule has 1 aliphatic carbocycles. The number of dihydropyridines is 1. The Kier molecular flexibility index (Phi) is 7.62. The van der Waals surface area contributed by atoms with Crippen LogP contribution in [0.25, 0.3) is 0 Å². The molecule has 0 radical (unpaired) electrons. The molecular formula is C32H31BrN2O4. The van der Waals surface area contributed by atoms with E-state index in [1.807, 2.05) is 80.6 Å². The molecule has 200 valence electrons. The fourth-order valence-corrected chi connectivity index (χ4v) is 6.02. The fraction of sp³-hybridized carbons (Fsp3) is 0.250. The molecule has 3 aromatic carbocycles. The Morgan fingerprint density at radius 3 is 2.41 bits per heavy atom. The molecule has 0 saturated carbocycles. The summed E-state index contributed by atoms with van der Waals surface area (Å²) in [6, 6.07) is 21.3. The lowest BCUT2D eigenvalue weighted by Gasteiger charge is -2.37. The lowest BCUT2D eigenvalue weighted by Crippen LogP contribution is -2.37. The third kappa shape index (κ3) is 5.23. The number of carbonyl (C=O) groups excluding carboxylic acids is 2. The van der Waals surface area contributed by atoms with Crippen molar-refractivity contribution in [2.75, 3.05) is 19.5 Å². The molecule has 39 heavy (non-hydrogen) atoms. The number of halogens is 1. The topological polar surface area (TPSA) is 76.7 Å². The number of aryl methyl sites for hydroxylation is 1. The number of para-hydroxylation sites is 1. The van der Waals surface area contributed by atoms with Crippen molar-refractivity contribution >= 4 is 33.3 Å². The molecule has 2 N–H and O–H groups in total. The zero-order valence-electron chi connectivity index (χ0n) is 22.4. The van der Waals surface area contributed by atoms with Crippen molar-refractivity contribution in [3.8, 4) is 11.5 Å². The first-order valence-electron chi connectivity index (χ1n) is 12.9. The van der Waals surface area contributed by atoms with Gasteiger partial charge in [0.25, 0.3) is 5.91 Å². The van der Waals surface area contributed by atoms with Crippen LogP contribution in [-0.2, 0) is 9.59 Å². The van der Waals surface area contributed by atoms with Crippen molar-refractivity contribution < 1.29 is 19.1 Å². The van der Waals surface area contributed by atoms with E-state index in [1.54, 1.807) is 14.2 Å². The highest BCUT2D eigenvalue weighted by Crippen LogP contribution is 2.46. The van der Waals surface area contributed by atoms with Gasteiger partial charge in [-0.2, -0.15) is 0 Å². The van der Waals surface area contributed by atoms with Gasteiger partial charge in [0.15, 0.2) is 17.3 Å². The molecule has 0 bridgehead atoms. The summed E-state index contributed by atoms with van der Waals surface area (Å²) < 4.78 is 11.8. The first-order valence-corrected chi connectivity index (χ1v) is 13.7. The van der Waals surface area contributed by atoms with Gasteiger partial charge in [0.1, 0.15) is 0 Å². The number of anilines is 1. The number of hydrogen-bond acceptors (Lipinski definition) is 5. The number of carbonyl (C=O) groups is 2. The van der Waals surface area contributed by atoms with Crippen LogP contribution in [0, 0.1) is 6.92 Å². The highest BCUT2D eigenvalue weighted by Gasteiger charge is 2.41. The van der Waals surface area contributed by atoms with Gasteiger partial charge >= 0.3 is 0 Å². The van der Waals surface area contributed by atoms with Crippen molar-refractivity contribution in [1.29, 1.82) is 0 Å². The quantitative estimate of drug-likeness (QED) is 0.333. The van der Waals surface area contributed by atoms with E-state index < -0.39 is 5.92 Å². The largest absolute Gasteiger partial charge is 0.493 e. The monoisotopic (exact) mass is 586 g/mol. The number of rotatable bonds is 6. The number of amides is 1. The maximum Gasteiger partial charge on any atom is 0.254 e. The Morgan fingerprint density at radius 1 is 0.923 bits per heavy atom. The minimum atomic E-state index is -0.485. The highest BCUT2D eigenvalue weighted by molar-refractivity contribution is 9.10. The third-order valence-electron chi connectivity index (χ3n) is 7.53. The number of methoxy groups -OCH3 is 2. The molecule has 7 heteroatoms. The van der Waals surface area contributed by atoms with Crippen molar-refractivity contribution in [2.24, 2.45) is 0 Å². The summed E-state index contributed by atoms with van der Waals surface area (Å²) in [7, 11) is 3.21. The molecule has 1 amide bonds. The second-order valence-corrected chi connectivity index (χ2v) is 10.9. The maximum absolute atomic E-state index is 13.9. The fourth-order valence-electron chi connectivity index (χ4n) is 5.60. The van der Waals surface area contributed by atoms with Gasteiger partial charge in [-0.25, -0.2) is 0 Å². The third-order valence-corrected chi connectivity index (χ3v) is 8.02. The lowest BCUT2D eigenvalue weighted by molar-refractivity contribution is -0.116. The van der Waals surface area contributed by atoms with E-state index in [1.165, 1.54) is 0 Å². The van der Waals surface area contributed by atoms with E-state index in [0.717, 1.165) is 38.2 Å². The molecule has 0 unspecified atom stereocenters. The number of allylic oxidation sites excluding steroid dienone is 3. The second-order valence-electron chi connectivity index (χ2n) is 9.96. The van der Waals surface area contributed by atoms with Crippen molar-refractivity contribution in [1.82, 2.24) is 5.32 Å². The standard InChI is InChI=1S/C32H31BrN2O4/c1-18-8-5-6-11-24(18)35-32(37)29-19(2)34-25-15-22(20-12-13-27(38-3)28(17-20)39-4)16-26(36)31(25)30(29)21-9-7-10-23(33)14-21/h5-14,17,22,30,34H,15-16H2,1-4H3,(H,35,37)/t22-,30-/m0/s1. The summed E-state index contributed by atoms with van der Waals surface area (Å²) in [5.74, 6) is 0.584. The molecule has 2 aliphatic rings. The van der Waals surface area contributed by atoms with Gasteiger partial charge in [0, 0.05) is 45.0 Å². The van der Waals surface area contributed by atoms with Gasteiger partial charge in [0.2, 0.25) is 0 Å². The van der Waals surface area contributed by atoms with E-state index >= 15 is 0 Å². The maximum atomic E-state index is 13.9. The van der Waals surface area contributed by atoms with Crippen molar-refractivity contribution in [3.63, 3.8) is 0 Å². The molecule has 1 aliphatic heterocycles. The highest BCUT2D eigenvalue weighted by atomic mass is 79.9. The molecule has 0 saturated heterocycles. The SMILES string of the molecule is COc1ccc([C@@H]2CC(=O)C3=C(C2)NC(C)=C(C(=O)Nc2ccccc2C)[C@@H]3c2cccc(Br)c2)cc1OC. The van der Waals surface area contributed by atoms with Crippen molar-refractivity contribution in [3.05, 3.63) is 110 Å². The van der Waals surface area contributed by atoms with E-state index in [9.17, 15) is 9.59 Å². The van der Waals surface area contributed by atoms with Crippen LogP contribution in [0.2, 0.25) is 0 Å². The zero-order valence-corrected chi connectivity index (χ0v) is 24.0. The van der Waals surface area contributed by atoms with Gasteiger partial charge in [-0.15, -0.1) is 0 Å². The van der Waals surface area contributed by atoms with E-state index in [-0.39, 0.29) is 17.6 Å². The Morgan fingerprint density at radius 2 is 1.69 bits per heavy atom. The minimum Gasteiger partial charge on any atom is -0.493 e. The smallest absolute Gasteiger partial charge is 0.254 e. The van der Waals surface area contributed by atoms with Crippen LogP contribution >= 0.6 is 15.9 Å². The number of nitrogens with one attached hydrogen (secondary N) is 2. The number of hydrogen-bond donors (Lipinski definition) is 2. The zero-order chi connectivity index (χ0) is 27.7. The summed E-state index contributed by atoms with van der Waals surface area (Å²) in [6.07, 6.45) is 0.983. The summed E-state index contributed by atoms with van der Waals surface area (Å²) in [4.78, 5) is 27.7. The predicted molar refractivity (Wildman–Crippen MR) is 156 cm³/mol. The summed E-state index contributed by atoms with van der Waals surface area (Å²) >= 11 is 3.58. The molecule has 3 aromatic rings. The van der Waals surface area contributed by atoms with Crippen LogP contribution in [-0.4, -0.2) is 25.9 Å². The molecule has 0 fully saturated rings. The Hall–Kier alpha value is -3.84. The van der Waals surface area contributed by atoms with Crippen LogP contribution < -0.4 is 20.1 Å². The number of ketones is 1.